The van der Waals surface area contributed by atoms with Crippen molar-refractivity contribution in [1.29, 1.82) is 0 Å². The molecule has 1 nitrogen and oxygen atoms in total. The molecule has 0 heterocycles. The van der Waals surface area contributed by atoms with E-state index in [1.54, 1.807) is 12.1 Å². The number of aromatic hydroxyl groups is 1. The Labute approximate surface area is 84.5 Å². The highest BCUT2D eigenvalue weighted by Crippen LogP contribution is 2.17. The molecule has 0 radical (unpaired) electrons. The molecule has 0 spiro atoms. The van der Waals surface area contributed by atoms with Gasteiger partial charge in [0.05, 0.1) is 0 Å². The quantitative estimate of drug-likeness (QED) is 0.709. The Morgan fingerprint density at radius 1 is 1.46 bits per heavy atom. The zero-order valence-corrected chi connectivity index (χ0v) is 8.59. The number of benzene rings is 1. The lowest BCUT2D eigenvalue weighted by Gasteiger charge is -2.00. The third-order valence-corrected chi connectivity index (χ3v) is 2.11. The summed E-state index contributed by atoms with van der Waals surface area (Å²) >= 11 is 4.11. The van der Waals surface area contributed by atoms with Gasteiger partial charge in [0.1, 0.15) is 5.75 Å². The van der Waals surface area contributed by atoms with Crippen molar-refractivity contribution in [2.45, 2.75) is 13.3 Å². The zero-order chi connectivity index (χ0) is 9.68. The Bertz CT molecular complexity index is 305. The number of hydrogen-bond acceptors (Lipinski definition) is 2. The molecule has 0 saturated carbocycles. The van der Waals surface area contributed by atoms with Crippen LogP contribution in [0.15, 0.2) is 24.3 Å². The molecule has 0 aliphatic rings. The van der Waals surface area contributed by atoms with Crippen molar-refractivity contribution in [3.05, 3.63) is 35.4 Å². The van der Waals surface area contributed by atoms with E-state index in [1.165, 1.54) is 5.56 Å². The highest BCUT2D eigenvalue weighted by atomic mass is 32.1. The maximum absolute atomic E-state index is 9.25. The number of allylic oxidation sites excluding steroid dienone is 1. The minimum absolute atomic E-state index is 0.316. The summed E-state index contributed by atoms with van der Waals surface area (Å²) in [5, 5.41) is 9.25. The Hall–Kier alpha value is -0.890. The Balaban J connectivity index is 2.81. The molecule has 0 unspecified atom stereocenters. The van der Waals surface area contributed by atoms with Crippen molar-refractivity contribution in [2.75, 3.05) is 5.75 Å². The Morgan fingerprint density at radius 3 is 2.92 bits per heavy atom. The second-order valence-corrected chi connectivity index (χ2v) is 3.40. The fourth-order valence-electron chi connectivity index (χ4n) is 1.09. The molecule has 1 N–H and O–H groups in total. The molecule has 0 atom stereocenters. The molecule has 0 aliphatic carbocycles. The molecule has 1 rings (SSSR count). The topological polar surface area (TPSA) is 20.2 Å². The fourth-order valence-corrected chi connectivity index (χ4v) is 1.24. The van der Waals surface area contributed by atoms with Crippen LogP contribution in [-0.2, 0) is 0 Å². The second-order valence-electron chi connectivity index (χ2n) is 2.96. The van der Waals surface area contributed by atoms with E-state index in [-0.39, 0.29) is 0 Å². The van der Waals surface area contributed by atoms with E-state index in [9.17, 15) is 5.11 Å². The van der Waals surface area contributed by atoms with Crippen LogP contribution in [0, 0.1) is 6.92 Å². The molecule has 1 aromatic rings. The van der Waals surface area contributed by atoms with Gasteiger partial charge in [-0.25, -0.2) is 0 Å². The average Bonchev–Trinajstić information content (AvgIpc) is 2.11. The van der Waals surface area contributed by atoms with Crippen LogP contribution >= 0.6 is 12.6 Å². The van der Waals surface area contributed by atoms with Gasteiger partial charge in [-0.05, 0) is 42.4 Å². The molecular weight excluding hydrogens is 180 g/mol. The number of phenolic OH excluding ortho intramolecular Hbond substituents is 1. The van der Waals surface area contributed by atoms with Gasteiger partial charge in [-0.2, -0.15) is 12.6 Å². The number of aryl methyl sites for hydroxylation is 1. The minimum atomic E-state index is 0.316. The first-order valence-electron chi connectivity index (χ1n) is 4.31. The summed E-state index contributed by atoms with van der Waals surface area (Å²) in [5.41, 5.74) is 2.25. The van der Waals surface area contributed by atoms with Crippen molar-refractivity contribution in [1.82, 2.24) is 0 Å². The Kier molecular flexibility index (Phi) is 3.90. The third-order valence-electron chi connectivity index (χ3n) is 1.86. The van der Waals surface area contributed by atoms with Crippen LogP contribution < -0.4 is 0 Å². The van der Waals surface area contributed by atoms with Crippen molar-refractivity contribution in [3.8, 4) is 5.75 Å². The smallest absolute Gasteiger partial charge is 0.116 e. The van der Waals surface area contributed by atoms with Crippen molar-refractivity contribution < 1.29 is 5.11 Å². The summed E-state index contributed by atoms with van der Waals surface area (Å²) < 4.78 is 0. The number of rotatable bonds is 3. The normalized spacial score (nSPS) is 10.9. The summed E-state index contributed by atoms with van der Waals surface area (Å²) in [4.78, 5) is 0. The standard InChI is InChI=1S/C11H14OS/c1-9-5-6-11(12)8-10(9)4-2-3-7-13/h2,4-6,8,12-13H,3,7H2,1H3. The van der Waals surface area contributed by atoms with Gasteiger partial charge in [-0.1, -0.05) is 18.2 Å². The maximum atomic E-state index is 9.25. The van der Waals surface area contributed by atoms with E-state index in [1.807, 2.05) is 19.1 Å². The van der Waals surface area contributed by atoms with Crippen molar-refractivity contribution >= 4 is 18.7 Å². The predicted molar refractivity (Wildman–Crippen MR) is 60.3 cm³/mol. The molecule has 0 saturated heterocycles. The SMILES string of the molecule is Cc1ccc(O)cc1C=CCCS. The van der Waals surface area contributed by atoms with E-state index >= 15 is 0 Å². The maximum Gasteiger partial charge on any atom is 0.116 e. The molecule has 13 heavy (non-hydrogen) atoms. The second kappa shape index (κ2) is 4.97. The van der Waals surface area contributed by atoms with E-state index in [4.69, 9.17) is 0 Å². The summed E-state index contributed by atoms with van der Waals surface area (Å²) in [5.74, 6) is 1.17. The van der Waals surface area contributed by atoms with Crippen LogP contribution in [0.2, 0.25) is 0 Å². The summed E-state index contributed by atoms with van der Waals surface area (Å²) in [6.45, 7) is 2.03. The van der Waals surface area contributed by atoms with Gasteiger partial charge in [0.25, 0.3) is 0 Å². The third kappa shape index (κ3) is 3.15. The van der Waals surface area contributed by atoms with Crippen LogP contribution in [0.25, 0.3) is 6.08 Å². The van der Waals surface area contributed by atoms with Gasteiger partial charge < -0.3 is 5.11 Å². The van der Waals surface area contributed by atoms with E-state index in [0.717, 1.165) is 17.7 Å². The van der Waals surface area contributed by atoms with Gasteiger partial charge in [0.2, 0.25) is 0 Å². The lowest BCUT2D eigenvalue weighted by Crippen LogP contribution is -1.79. The van der Waals surface area contributed by atoms with Crippen LogP contribution in [-0.4, -0.2) is 10.9 Å². The first-order valence-corrected chi connectivity index (χ1v) is 4.94. The molecule has 2 heteroatoms. The molecule has 70 valence electrons. The van der Waals surface area contributed by atoms with Gasteiger partial charge in [0.15, 0.2) is 0 Å². The van der Waals surface area contributed by atoms with Crippen LogP contribution in [0.4, 0.5) is 0 Å². The number of thiol groups is 1. The molecule has 0 aromatic heterocycles. The van der Waals surface area contributed by atoms with Crippen molar-refractivity contribution in [3.63, 3.8) is 0 Å². The average molecular weight is 194 g/mol. The highest BCUT2D eigenvalue weighted by Gasteiger charge is 1.94. The molecular formula is C11H14OS. The molecule has 0 aliphatic heterocycles. The highest BCUT2D eigenvalue weighted by molar-refractivity contribution is 7.80. The summed E-state index contributed by atoms with van der Waals surface area (Å²) in [6.07, 6.45) is 5.04. The monoisotopic (exact) mass is 194 g/mol. The molecule has 1 aromatic carbocycles. The summed E-state index contributed by atoms with van der Waals surface area (Å²) in [6, 6.07) is 5.38. The van der Waals surface area contributed by atoms with E-state index in [2.05, 4.69) is 18.7 Å². The molecule has 0 bridgehead atoms. The predicted octanol–water partition coefficient (Wildman–Crippen LogP) is 3.03. The van der Waals surface area contributed by atoms with Crippen LogP contribution in [0.5, 0.6) is 5.75 Å². The van der Waals surface area contributed by atoms with Gasteiger partial charge in [-0.3, -0.25) is 0 Å². The fraction of sp³-hybridized carbons (Fsp3) is 0.273. The first-order chi connectivity index (χ1) is 6.24. The van der Waals surface area contributed by atoms with Gasteiger partial charge in [0, 0.05) is 0 Å². The van der Waals surface area contributed by atoms with Crippen LogP contribution in [0.3, 0.4) is 0 Å². The zero-order valence-electron chi connectivity index (χ0n) is 7.70. The number of hydrogen-bond donors (Lipinski definition) is 2. The minimum Gasteiger partial charge on any atom is -0.508 e. The van der Waals surface area contributed by atoms with E-state index < -0.39 is 0 Å². The largest absolute Gasteiger partial charge is 0.508 e. The number of phenols is 1. The lowest BCUT2D eigenvalue weighted by atomic mass is 10.1. The Morgan fingerprint density at radius 2 is 2.23 bits per heavy atom. The molecule has 0 fully saturated rings. The lowest BCUT2D eigenvalue weighted by molar-refractivity contribution is 0.475. The van der Waals surface area contributed by atoms with Gasteiger partial charge >= 0.3 is 0 Å². The first kappa shape index (κ1) is 10.2. The molecule has 0 amide bonds. The summed E-state index contributed by atoms with van der Waals surface area (Å²) in [7, 11) is 0. The van der Waals surface area contributed by atoms with E-state index in [0.29, 0.717) is 5.75 Å². The van der Waals surface area contributed by atoms with Crippen LogP contribution in [0.1, 0.15) is 17.5 Å². The van der Waals surface area contributed by atoms with Crippen molar-refractivity contribution in [2.24, 2.45) is 0 Å². The van der Waals surface area contributed by atoms with Gasteiger partial charge in [-0.15, -0.1) is 0 Å².